The van der Waals surface area contributed by atoms with Crippen LogP contribution in [0, 0.1) is 0 Å². The fraction of sp³-hybridized carbons (Fsp3) is 0.625. The van der Waals surface area contributed by atoms with Crippen molar-refractivity contribution < 1.29 is 22.3 Å². The Morgan fingerprint density at radius 1 is 0.955 bits per heavy atom. The van der Waals surface area contributed by atoms with E-state index in [0.717, 1.165) is 6.42 Å². The molecule has 0 heterocycles. The van der Waals surface area contributed by atoms with Gasteiger partial charge in [-0.2, -0.15) is 8.42 Å². The molecule has 0 aliphatic carbocycles. The van der Waals surface area contributed by atoms with Gasteiger partial charge in [0.1, 0.15) is 5.75 Å². The van der Waals surface area contributed by atoms with Crippen molar-refractivity contribution in [1.82, 2.24) is 0 Å². The highest BCUT2D eigenvalue weighted by Crippen LogP contribution is 2.13. The van der Waals surface area contributed by atoms with Gasteiger partial charge in [-0.1, -0.05) is 51.2 Å². The zero-order valence-corrected chi connectivity index (χ0v) is 14.3. The van der Waals surface area contributed by atoms with Gasteiger partial charge in [0, 0.05) is 0 Å². The molecule has 0 fully saturated rings. The fourth-order valence-corrected chi connectivity index (χ4v) is 2.22. The van der Waals surface area contributed by atoms with Gasteiger partial charge in [0.05, 0.1) is 6.61 Å². The Morgan fingerprint density at radius 2 is 1.50 bits per heavy atom. The average Bonchev–Trinajstić information content (AvgIpc) is 2.44. The molecule has 0 atom stereocenters. The second-order valence-electron chi connectivity index (χ2n) is 5.02. The topological polar surface area (TPSA) is 83.8 Å². The minimum absolute atomic E-state index is 0.0289. The maximum atomic E-state index is 9.56. The van der Waals surface area contributed by atoms with E-state index in [9.17, 15) is 8.42 Å². The molecule has 0 aromatic heterocycles. The number of rotatable bonds is 9. The van der Waals surface area contributed by atoms with Gasteiger partial charge in [0.2, 0.25) is 0 Å². The van der Waals surface area contributed by atoms with Crippen molar-refractivity contribution >= 4 is 10.4 Å². The minimum Gasteiger partial charge on any atom is -0.508 e. The molecule has 2 N–H and O–H groups in total. The van der Waals surface area contributed by atoms with Crippen molar-refractivity contribution in [2.45, 2.75) is 58.8 Å². The summed E-state index contributed by atoms with van der Waals surface area (Å²) in [5.41, 5.74) is 1.34. The monoisotopic (exact) mass is 332 g/mol. The van der Waals surface area contributed by atoms with Gasteiger partial charge < -0.3 is 5.11 Å². The number of unbranched alkanes of at least 4 members (excludes halogenated alkanes) is 5. The van der Waals surface area contributed by atoms with Gasteiger partial charge in [-0.05, 0) is 37.5 Å². The predicted molar refractivity (Wildman–Crippen MR) is 88.4 cm³/mol. The first-order valence-electron chi connectivity index (χ1n) is 7.78. The highest BCUT2D eigenvalue weighted by molar-refractivity contribution is 7.80. The molecule has 1 rings (SSSR count). The van der Waals surface area contributed by atoms with E-state index < -0.39 is 10.4 Å². The zero-order chi connectivity index (χ0) is 16.8. The number of phenolic OH excluding ortho intramolecular Hbond substituents is 1. The Bertz CT molecular complexity index is 468. The van der Waals surface area contributed by atoms with Gasteiger partial charge in [0.25, 0.3) is 0 Å². The normalized spacial score (nSPS) is 10.9. The molecule has 0 radical (unpaired) electrons. The van der Waals surface area contributed by atoms with Crippen molar-refractivity contribution in [3.8, 4) is 5.75 Å². The third-order valence-electron chi connectivity index (χ3n) is 3.02. The Hall–Kier alpha value is -1.11. The minimum atomic E-state index is -4.17. The number of aromatic hydroxyl groups is 1. The number of hydrogen-bond donors (Lipinski definition) is 2. The molecule has 0 saturated heterocycles. The van der Waals surface area contributed by atoms with E-state index in [1.807, 2.05) is 12.1 Å². The average molecular weight is 332 g/mol. The first-order valence-corrected chi connectivity index (χ1v) is 9.15. The van der Waals surface area contributed by atoms with E-state index in [0.29, 0.717) is 5.75 Å². The summed E-state index contributed by atoms with van der Waals surface area (Å²) < 4.78 is 30.7. The van der Waals surface area contributed by atoms with Crippen LogP contribution < -0.4 is 0 Å². The van der Waals surface area contributed by atoms with E-state index in [2.05, 4.69) is 11.1 Å². The molecule has 0 unspecified atom stereocenters. The lowest BCUT2D eigenvalue weighted by Crippen LogP contribution is -2.01. The van der Waals surface area contributed by atoms with Crippen molar-refractivity contribution in [2.24, 2.45) is 0 Å². The van der Waals surface area contributed by atoms with Crippen molar-refractivity contribution in [2.75, 3.05) is 6.61 Å². The largest absolute Gasteiger partial charge is 0.508 e. The van der Waals surface area contributed by atoms with E-state index in [4.69, 9.17) is 9.66 Å². The maximum Gasteiger partial charge on any atom is 0.397 e. The predicted octanol–water partition coefficient (Wildman–Crippen LogP) is 4.12. The zero-order valence-electron chi connectivity index (χ0n) is 13.5. The molecule has 128 valence electrons. The molecule has 0 aliphatic heterocycles. The summed E-state index contributed by atoms with van der Waals surface area (Å²) in [5.74, 6) is 0.363. The van der Waals surface area contributed by atoms with Crippen LogP contribution in [0.3, 0.4) is 0 Å². The molecule has 0 bridgehead atoms. The van der Waals surface area contributed by atoms with Gasteiger partial charge >= 0.3 is 10.4 Å². The molecule has 22 heavy (non-hydrogen) atoms. The van der Waals surface area contributed by atoms with E-state index in [1.54, 1.807) is 12.1 Å². The van der Waals surface area contributed by atoms with Crippen molar-refractivity contribution in [1.29, 1.82) is 0 Å². The van der Waals surface area contributed by atoms with Gasteiger partial charge in [-0.15, -0.1) is 0 Å². The second-order valence-corrected chi connectivity index (χ2v) is 6.11. The van der Waals surface area contributed by atoms with Crippen LogP contribution in [-0.2, 0) is 21.0 Å². The molecule has 0 aliphatic rings. The summed E-state index contributed by atoms with van der Waals surface area (Å²) in [6.07, 6.45) is 9.19. The smallest absolute Gasteiger partial charge is 0.397 e. The third kappa shape index (κ3) is 13.9. The van der Waals surface area contributed by atoms with Crippen LogP contribution in [0.2, 0.25) is 0 Å². The summed E-state index contributed by atoms with van der Waals surface area (Å²) in [6.45, 7) is 3.68. The van der Waals surface area contributed by atoms with Gasteiger partial charge in [-0.3, -0.25) is 4.55 Å². The van der Waals surface area contributed by atoms with Crippen molar-refractivity contribution in [3.05, 3.63) is 29.8 Å². The Labute approximate surface area is 134 Å². The van der Waals surface area contributed by atoms with Crippen LogP contribution in [0.5, 0.6) is 5.75 Å². The number of hydrogen-bond acceptors (Lipinski definition) is 4. The highest BCUT2D eigenvalue weighted by Gasteiger charge is 1.98. The quantitative estimate of drug-likeness (QED) is 0.525. The summed E-state index contributed by atoms with van der Waals surface area (Å²) in [5, 5.41) is 9.13. The lowest BCUT2D eigenvalue weighted by Gasteiger charge is -2.02. The number of aryl methyl sites for hydroxylation is 1. The van der Waals surface area contributed by atoms with Crippen LogP contribution in [0.4, 0.5) is 0 Å². The lowest BCUT2D eigenvalue weighted by atomic mass is 10.1. The molecule has 1 aromatic rings. The summed E-state index contributed by atoms with van der Waals surface area (Å²) in [7, 11) is -4.17. The number of benzene rings is 1. The highest BCUT2D eigenvalue weighted by atomic mass is 32.3. The summed E-state index contributed by atoms with van der Waals surface area (Å²) >= 11 is 0. The van der Waals surface area contributed by atoms with Crippen LogP contribution in [-0.4, -0.2) is 24.7 Å². The number of phenols is 1. The first kappa shape index (κ1) is 20.9. The molecule has 0 spiro atoms. The van der Waals surface area contributed by atoms with E-state index in [-0.39, 0.29) is 6.61 Å². The second kappa shape index (κ2) is 12.4. The van der Waals surface area contributed by atoms with Crippen LogP contribution in [0.15, 0.2) is 24.3 Å². The lowest BCUT2D eigenvalue weighted by molar-refractivity contribution is 0.283. The van der Waals surface area contributed by atoms with Crippen LogP contribution in [0.1, 0.15) is 57.9 Å². The standard InChI is InChI=1S/C14H22O.C2H6O4S/c1-2-3-4-5-6-7-8-13-9-11-14(15)12-10-13;1-2-6-7(3,4)5/h9-12,15H,2-8H2,1H3;2H2,1H3,(H,3,4,5). The SMILES string of the molecule is CCCCCCCCc1ccc(O)cc1.CCOS(=O)(=O)O. The van der Waals surface area contributed by atoms with Gasteiger partial charge in [-0.25, -0.2) is 4.18 Å². The third-order valence-corrected chi connectivity index (χ3v) is 3.56. The molecule has 0 saturated carbocycles. The van der Waals surface area contributed by atoms with E-state index in [1.165, 1.54) is 51.0 Å². The Kier molecular flexibility index (Phi) is 11.8. The van der Waals surface area contributed by atoms with Crippen LogP contribution in [0.25, 0.3) is 0 Å². The molecule has 1 aromatic carbocycles. The van der Waals surface area contributed by atoms with E-state index >= 15 is 0 Å². The Morgan fingerprint density at radius 3 is 1.95 bits per heavy atom. The molecule has 5 nitrogen and oxygen atoms in total. The summed E-state index contributed by atoms with van der Waals surface area (Å²) in [4.78, 5) is 0. The first-order chi connectivity index (χ1) is 10.4. The van der Waals surface area contributed by atoms with Gasteiger partial charge in [0.15, 0.2) is 0 Å². The maximum absolute atomic E-state index is 9.56. The molecule has 6 heteroatoms. The van der Waals surface area contributed by atoms with Crippen molar-refractivity contribution in [3.63, 3.8) is 0 Å². The van der Waals surface area contributed by atoms with Crippen LogP contribution >= 0.6 is 0 Å². The molecular formula is C16H28O5S. The molecular weight excluding hydrogens is 304 g/mol. The summed E-state index contributed by atoms with van der Waals surface area (Å²) in [6, 6.07) is 7.57. The molecule has 0 amide bonds. The fourth-order valence-electron chi connectivity index (χ4n) is 1.92. The Balaban J connectivity index is 0.000000534.